The van der Waals surface area contributed by atoms with E-state index in [0.29, 0.717) is 19.4 Å². The largest absolute Gasteiger partial charge is 0.479 e. The molecule has 1 heterocycles. The molecule has 108 valence electrons. The molecule has 0 aromatic heterocycles. The lowest BCUT2D eigenvalue weighted by molar-refractivity contribution is -0.155. The fourth-order valence-corrected chi connectivity index (χ4v) is 1.87. The zero-order valence-electron chi connectivity index (χ0n) is 11.0. The number of hydrogen-bond donors (Lipinski definition) is 4. The molecule has 4 N–H and O–H groups in total. The van der Waals surface area contributed by atoms with Gasteiger partial charge in [-0.25, -0.2) is 9.59 Å². The predicted octanol–water partition coefficient (Wildman–Crippen LogP) is -1.26. The van der Waals surface area contributed by atoms with Crippen LogP contribution in [0.1, 0.15) is 19.8 Å². The molecule has 0 radical (unpaired) electrons. The number of likely N-dealkylation sites (N-methyl/N-ethyl adjacent to an activating group) is 1. The van der Waals surface area contributed by atoms with E-state index in [0.717, 1.165) is 6.92 Å². The van der Waals surface area contributed by atoms with Gasteiger partial charge in [0.05, 0.1) is 6.54 Å². The van der Waals surface area contributed by atoms with E-state index in [1.807, 2.05) is 0 Å². The third-order valence-electron chi connectivity index (χ3n) is 3.11. The lowest BCUT2D eigenvalue weighted by Crippen LogP contribution is -2.53. The maximum absolute atomic E-state index is 11.9. The van der Waals surface area contributed by atoms with Crippen molar-refractivity contribution >= 4 is 17.9 Å². The SMILES string of the molecule is CNC(=O)C1CCCN1C(=O)NCC(C)(O)C(=O)O. The molecule has 0 bridgehead atoms. The number of carboxylic acids is 1. The van der Waals surface area contributed by atoms with E-state index in [4.69, 9.17) is 5.11 Å². The average Bonchev–Trinajstić information content (AvgIpc) is 2.84. The van der Waals surface area contributed by atoms with Crippen molar-refractivity contribution in [1.29, 1.82) is 0 Å². The predicted molar refractivity (Wildman–Crippen MR) is 65.5 cm³/mol. The van der Waals surface area contributed by atoms with Crippen LogP contribution in [0.4, 0.5) is 4.79 Å². The van der Waals surface area contributed by atoms with Gasteiger partial charge in [-0.1, -0.05) is 0 Å². The summed E-state index contributed by atoms with van der Waals surface area (Å²) in [5, 5.41) is 23.0. The maximum Gasteiger partial charge on any atom is 0.337 e. The van der Waals surface area contributed by atoms with Gasteiger partial charge in [-0.15, -0.1) is 0 Å². The molecule has 0 aliphatic carbocycles. The summed E-state index contributed by atoms with van der Waals surface area (Å²) in [5.41, 5.74) is -2.03. The molecule has 1 aliphatic heterocycles. The number of nitrogens with one attached hydrogen (secondary N) is 2. The van der Waals surface area contributed by atoms with Crippen molar-refractivity contribution in [3.63, 3.8) is 0 Å². The second kappa shape index (κ2) is 5.87. The number of likely N-dealkylation sites (tertiary alicyclic amines) is 1. The molecule has 8 heteroatoms. The van der Waals surface area contributed by atoms with Gasteiger partial charge < -0.3 is 25.7 Å². The number of urea groups is 1. The number of carboxylic acid groups (broad SMARTS) is 1. The zero-order valence-corrected chi connectivity index (χ0v) is 11.0. The molecule has 8 nitrogen and oxygen atoms in total. The Balaban J connectivity index is 2.58. The summed E-state index contributed by atoms with van der Waals surface area (Å²) in [5.74, 6) is -1.67. The number of carbonyl (C=O) groups is 3. The van der Waals surface area contributed by atoms with Gasteiger partial charge in [-0.05, 0) is 19.8 Å². The van der Waals surface area contributed by atoms with Crippen molar-refractivity contribution in [3.05, 3.63) is 0 Å². The van der Waals surface area contributed by atoms with Crippen LogP contribution in [-0.2, 0) is 9.59 Å². The van der Waals surface area contributed by atoms with E-state index in [1.54, 1.807) is 0 Å². The summed E-state index contributed by atoms with van der Waals surface area (Å²) >= 11 is 0. The van der Waals surface area contributed by atoms with Crippen LogP contribution in [0, 0.1) is 0 Å². The summed E-state index contributed by atoms with van der Waals surface area (Å²) < 4.78 is 0. The third kappa shape index (κ3) is 3.57. The monoisotopic (exact) mass is 273 g/mol. The highest BCUT2D eigenvalue weighted by Gasteiger charge is 2.35. The standard InChI is InChI=1S/C11H19N3O5/c1-11(19,9(16)17)6-13-10(18)14-5-3-4-7(14)8(15)12-2/h7,19H,3-6H2,1-2H3,(H,12,15)(H,13,18)(H,16,17). The maximum atomic E-state index is 11.9. The number of carbonyl (C=O) groups excluding carboxylic acids is 2. The van der Waals surface area contributed by atoms with Gasteiger partial charge in [0.25, 0.3) is 0 Å². The minimum Gasteiger partial charge on any atom is -0.479 e. The van der Waals surface area contributed by atoms with Gasteiger partial charge in [0, 0.05) is 13.6 Å². The Morgan fingerprint density at radius 3 is 2.58 bits per heavy atom. The fourth-order valence-electron chi connectivity index (χ4n) is 1.87. The van der Waals surface area contributed by atoms with E-state index in [1.165, 1.54) is 11.9 Å². The van der Waals surface area contributed by atoms with Crippen LogP contribution in [0.2, 0.25) is 0 Å². The molecule has 0 saturated carbocycles. The summed E-state index contributed by atoms with van der Waals surface area (Å²) in [6.45, 7) is 1.10. The van der Waals surface area contributed by atoms with Gasteiger partial charge in [-0.3, -0.25) is 4.79 Å². The number of rotatable bonds is 4. The second-order valence-corrected chi connectivity index (χ2v) is 4.70. The van der Waals surface area contributed by atoms with Crippen LogP contribution in [0.5, 0.6) is 0 Å². The normalized spacial score (nSPS) is 21.6. The molecule has 19 heavy (non-hydrogen) atoms. The van der Waals surface area contributed by atoms with Crippen molar-refractivity contribution in [1.82, 2.24) is 15.5 Å². The van der Waals surface area contributed by atoms with Crippen molar-refractivity contribution in [2.75, 3.05) is 20.1 Å². The Morgan fingerprint density at radius 1 is 1.42 bits per heavy atom. The first kappa shape index (κ1) is 15.2. The lowest BCUT2D eigenvalue weighted by Gasteiger charge is -2.25. The Hall–Kier alpha value is -1.83. The van der Waals surface area contributed by atoms with Crippen LogP contribution in [0.15, 0.2) is 0 Å². The topological polar surface area (TPSA) is 119 Å². The second-order valence-electron chi connectivity index (χ2n) is 4.70. The molecular weight excluding hydrogens is 254 g/mol. The molecule has 1 rings (SSSR count). The van der Waals surface area contributed by atoms with Gasteiger partial charge >= 0.3 is 12.0 Å². The molecule has 1 aliphatic rings. The van der Waals surface area contributed by atoms with Crippen molar-refractivity contribution in [3.8, 4) is 0 Å². The summed E-state index contributed by atoms with van der Waals surface area (Å²) in [6.07, 6.45) is 1.28. The summed E-state index contributed by atoms with van der Waals surface area (Å²) in [4.78, 5) is 35.5. The number of amides is 3. The van der Waals surface area contributed by atoms with Crippen molar-refractivity contribution in [2.24, 2.45) is 0 Å². The van der Waals surface area contributed by atoms with Gasteiger partial charge in [0.15, 0.2) is 5.60 Å². The van der Waals surface area contributed by atoms with Gasteiger partial charge in [0.2, 0.25) is 5.91 Å². The van der Waals surface area contributed by atoms with Crippen LogP contribution in [0.25, 0.3) is 0 Å². The van der Waals surface area contributed by atoms with Gasteiger partial charge in [0.1, 0.15) is 6.04 Å². The third-order valence-corrected chi connectivity index (χ3v) is 3.11. The highest BCUT2D eigenvalue weighted by molar-refractivity contribution is 5.87. The molecule has 3 amide bonds. The Morgan fingerprint density at radius 2 is 2.05 bits per heavy atom. The molecule has 2 unspecified atom stereocenters. The minimum absolute atomic E-state index is 0.252. The average molecular weight is 273 g/mol. The van der Waals surface area contributed by atoms with Crippen molar-refractivity contribution < 1.29 is 24.6 Å². The Kier molecular flexibility index (Phi) is 4.71. The van der Waals surface area contributed by atoms with Gasteiger partial charge in [-0.2, -0.15) is 0 Å². The van der Waals surface area contributed by atoms with E-state index < -0.39 is 30.2 Å². The summed E-state index contributed by atoms with van der Waals surface area (Å²) in [6, 6.07) is -1.09. The smallest absolute Gasteiger partial charge is 0.337 e. The van der Waals surface area contributed by atoms with Crippen molar-refractivity contribution in [2.45, 2.75) is 31.4 Å². The molecule has 1 fully saturated rings. The molecular formula is C11H19N3O5. The number of nitrogens with zero attached hydrogens (tertiary/aromatic N) is 1. The molecule has 2 atom stereocenters. The Bertz CT molecular complexity index is 383. The van der Waals surface area contributed by atoms with E-state index in [-0.39, 0.29) is 5.91 Å². The van der Waals surface area contributed by atoms with E-state index in [9.17, 15) is 19.5 Å². The first-order valence-electron chi connectivity index (χ1n) is 6.01. The summed E-state index contributed by atoms with van der Waals surface area (Å²) in [7, 11) is 1.49. The molecule has 0 aromatic carbocycles. The molecule has 1 saturated heterocycles. The van der Waals surface area contributed by atoms with E-state index >= 15 is 0 Å². The highest BCUT2D eigenvalue weighted by atomic mass is 16.4. The highest BCUT2D eigenvalue weighted by Crippen LogP contribution is 2.17. The first-order chi connectivity index (χ1) is 8.79. The van der Waals surface area contributed by atoms with Crippen LogP contribution in [0.3, 0.4) is 0 Å². The minimum atomic E-state index is -2.03. The first-order valence-corrected chi connectivity index (χ1v) is 6.01. The number of hydrogen-bond acceptors (Lipinski definition) is 4. The number of aliphatic carboxylic acids is 1. The zero-order chi connectivity index (χ0) is 14.6. The number of aliphatic hydroxyl groups is 1. The van der Waals surface area contributed by atoms with Crippen LogP contribution in [-0.4, -0.2) is 64.8 Å². The lowest BCUT2D eigenvalue weighted by atomic mass is 10.1. The molecule has 0 spiro atoms. The quantitative estimate of drug-likeness (QED) is 0.510. The Labute approximate surface area is 110 Å². The molecule has 0 aromatic rings. The van der Waals surface area contributed by atoms with Crippen LogP contribution < -0.4 is 10.6 Å². The fraction of sp³-hybridized carbons (Fsp3) is 0.727. The van der Waals surface area contributed by atoms with Crippen LogP contribution >= 0.6 is 0 Å². The van der Waals surface area contributed by atoms with E-state index in [2.05, 4.69) is 10.6 Å².